The lowest BCUT2D eigenvalue weighted by Crippen LogP contribution is -2.46. The first-order valence-electron chi connectivity index (χ1n) is 11.0. The second kappa shape index (κ2) is 10.2. The second-order valence-corrected chi connectivity index (χ2v) is 10.2. The number of sulfonamides is 1. The smallest absolute Gasteiger partial charge is 0.262 e. The van der Waals surface area contributed by atoms with E-state index in [9.17, 15) is 18.0 Å². The largest absolute Gasteiger partial charge is 0.354 e. The highest BCUT2D eigenvalue weighted by molar-refractivity contribution is 7.92. The summed E-state index contributed by atoms with van der Waals surface area (Å²) >= 11 is 0. The van der Waals surface area contributed by atoms with Gasteiger partial charge >= 0.3 is 0 Å². The monoisotopic (exact) mass is 457 g/mol. The molecule has 1 aliphatic heterocycles. The first kappa shape index (κ1) is 23.8. The second-order valence-electron chi connectivity index (χ2n) is 8.58. The average Bonchev–Trinajstić information content (AvgIpc) is 3.23. The quantitative estimate of drug-likeness (QED) is 0.634. The van der Waals surface area contributed by atoms with Gasteiger partial charge in [-0.15, -0.1) is 0 Å². The van der Waals surface area contributed by atoms with Crippen LogP contribution in [0.15, 0.2) is 53.4 Å². The van der Waals surface area contributed by atoms with Crippen LogP contribution in [-0.4, -0.2) is 44.3 Å². The maximum absolute atomic E-state index is 13.0. The number of nitrogens with one attached hydrogen (secondary N) is 2. The van der Waals surface area contributed by atoms with E-state index < -0.39 is 16.1 Å². The van der Waals surface area contributed by atoms with Crippen LogP contribution in [0.5, 0.6) is 0 Å². The van der Waals surface area contributed by atoms with Gasteiger partial charge in [-0.1, -0.05) is 32.0 Å². The van der Waals surface area contributed by atoms with E-state index in [0.29, 0.717) is 42.2 Å². The number of carbonyl (C=O) groups excluding carboxylic acids is 2. The Bertz CT molecular complexity index is 1060. The van der Waals surface area contributed by atoms with Gasteiger partial charge in [-0.25, -0.2) is 8.42 Å². The van der Waals surface area contributed by atoms with Crippen LogP contribution in [0.2, 0.25) is 0 Å². The molecule has 0 radical (unpaired) electrons. The Balaban J connectivity index is 1.67. The van der Waals surface area contributed by atoms with Gasteiger partial charge in [0.15, 0.2) is 0 Å². The van der Waals surface area contributed by atoms with Gasteiger partial charge in [0.05, 0.1) is 4.90 Å². The van der Waals surface area contributed by atoms with Gasteiger partial charge in [-0.3, -0.25) is 14.3 Å². The molecule has 2 aromatic rings. The van der Waals surface area contributed by atoms with Crippen molar-refractivity contribution in [1.82, 2.24) is 10.2 Å². The van der Waals surface area contributed by atoms with Crippen LogP contribution in [0.4, 0.5) is 5.69 Å². The van der Waals surface area contributed by atoms with Crippen molar-refractivity contribution in [3.05, 3.63) is 59.7 Å². The number of rotatable bonds is 8. The minimum atomic E-state index is -3.73. The summed E-state index contributed by atoms with van der Waals surface area (Å²) < 4.78 is 27.9. The Hall–Kier alpha value is -2.87. The fraction of sp³-hybridized carbons (Fsp3) is 0.417. The normalized spacial score (nSPS) is 16.2. The fourth-order valence-corrected chi connectivity index (χ4v) is 5.10. The van der Waals surface area contributed by atoms with E-state index in [-0.39, 0.29) is 16.7 Å². The molecule has 1 fully saturated rings. The average molecular weight is 458 g/mol. The molecule has 0 spiro atoms. The molecule has 0 unspecified atom stereocenters. The lowest BCUT2D eigenvalue weighted by Gasteiger charge is -2.24. The predicted molar refractivity (Wildman–Crippen MR) is 125 cm³/mol. The summed E-state index contributed by atoms with van der Waals surface area (Å²) in [5.74, 6) is 0.164. The minimum Gasteiger partial charge on any atom is -0.354 e. The van der Waals surface area contributed by atoms with Crippen molar-refractivity contribution in [3.8, 4) is 0 Å². The van der Waals surface area contributed by atoms with Gasteiger partial charge in [-0.2, -0.15) is 0 Å². The van der Waals surface area contributed by atoms with E-state index in [1.54, 1.807) is 60.4 Å². The zero-order chi connectivity index (χ0) is 23.3. The van der Waals surface area contributed by atoms with Gasteiger partial charge in [0.2, 0.25) is 5.91 Å². The summed E-state index contributed by atoms with van der Waals surface area (Å²) in [6, 6.07) is 12.6. The van der Waals surface area contributed by atoms with Crippen LogP contribution >= 0.6 is 0 Å². The molecule has 2 amide bonds. The molecular formula is C24H31N3O4S. The predicted octanol–water partition coefficient (Wildman–Crippen LogP) is 3.56. The minimum absolute atomic E-state index is 0.112. The van der Waals surface area contributed by atoms with Crippen molar-refractivity contribution in [2.75, 3.05) is 17.8 Å². The highest BCUT2D eigenvalue weighted by atomic mass is 32.2. The molecule has 3 rings (SSSR count). The molecule has 32 heavy (non-hydrogen) atoms. The third kappa shape index (κ3) is 5.68. The number of hydrogen-bond acceptors (Lipinski definition) is 4. The van der Waals surface area contributed by atoms with Crippen LogP contribution in [0.3, 0.4) is 0 Å². The molecule has 0 aliphatic carbocycles. The standard InChI is InChI=1S/C24H31N3O4S/c1-17(2)14-15-25-23(28)21-8-6-16-27(21)24(29)19-10-12-20(13-11-19)26-32(30,31)22-9-5-4-7-18(22)3/h4-5,7,9-13,17,21,26H,6,8,14-16H2,1-3H3,(H,25,28)/t21-/m1/s1. The topological polar surface area (TPSA) is 95.6 Å². The number of hydrogen-bond donors (Lipinski definition) is 2. The Kier molecular flexibility index (Phi) is 7.56. The lowest BCUT2D eigenvalue weighted by atomic mass is 10.1. The van der Waals surface area contributed by atoms with Gasteiger partial charge < -0.3 is 10.2 Å². The SMILES string of the molecule is Cc1ccccc1S(=O)(=O)Nc1ccc(C(=O)N2CCC[C@@H]2C(=O)NCCC(C)C)cc1. The molecule has 2 N–H and O–H groups in total. The zero-order valence-corrected chi connectivity index (χ0v) is 19.6. The molecule has 1 heterocycles. The van der Waals surface area contributed by atoms with Gasteiger partial charge in [0.1, 0.15) is 6.04 Å². The molecule has 0 saturated carbocycles. The number of carbonyl (C=O) groups is 2. The number of amides is 2. The number of likely N-dealkylation sites (tertiary alicyclic amines) is 1. The van der Waals surface area contributed by atoms with Crippen molar-refractivity contribution in [2.24, 2.45) is 5.92 Å². The Labute approximate surface area is 190 Å². The van der Waals surface area contributed by atoms with Crippen molar-refractivity contribution in [1.29, 1.82) is 0 Å². The molecule has 2 aromatic carbocycles. The molecule has 1 saturated heterocycles. The van der Waals surface area contributed by atoms with E-state index >= 15 is 0 Å². The van der Waals surface area contributed by atoms with Crippen molar-refractivity contribution >= 4 is 27.5 Å². The maximum Gasteiger partial charge on any atom is 0.262 e. The third-order valence-corrected chi connectivity index (χ3v) is 7.15. The number of nitrogens with zero attached hydrogens (tertiary/aromatic N) is 1. The molecule has 7 nitrogen and oxygen atoms in total. The lowest BCUT2D eigenvalue weighted by molar-refractivity contribution is -0.124. The van der Waals surface area contributed by atoms with Gasteiger partial charge in [-0.05, 0) is 68.0 Å². The van der Waals surface area contributed by atoms with Crippen LogP contribution in [0.25, 0.3) is 0 Å². The van der Waals surface area contributed by atoms with E-state index in [2.05, 4.69) is 23.9 Å². The summed E-state index contributed by atoms with van der Waals surface area (Å²) in [6.45, 7) is 7.07. The molecule has 0 bridgehead atoms. The van der Waals surface area contributed by atoms with Gasteiger partial charge in [0, 0.05) is 24.3 Å². The Morgan fingerprint density at radius 3 is 2.44 bits per heavy atom. The first-order chi connectivity index (χ1) is 15.2. The van der Waals surface area contributed by atoms with Crippen LogP contribution < -0.4 is 10.0 Å². The summed E-state index contributed by atoms with van der Waals surface area (Å²) in [5, 5.41) is 2.94. The van der Waals surface area contributed by atoms with Crippen molar-refractivity contribution in [3.63, 3.8) is 0 Å². The Morgan fingerprint density at radius 2 is 1.78 bits per heavy atom. The number of aryl methyl sites for hydroxylation is 1. The van der Waals surface area contributed by atoms with E-state index in [1.807, 2.05) is 0 Å². The summed E-state index contributed by atoms with van der Waals surface area (Å²) in [4.78, 5) is 27.4. The van der Waals surface area contributed by atoms with Crippen LogP contribution in [-0.2, 0) is 14.8 Å². The Morgan fingerprint density at radius 1 is 1.09 bits per heavy atom. The van der Waals surface area contributed by atoms with Crippen LogP contribution in [0.1, 0.15) is 49.0 Å². The summed E-state index contributed by atoms with van der Waals surface area (Å²) in [5.41, 5.74) is 1.44. The van der Waals surface area contributed by atoms with Gasteiger partial charge in [0.25, 0.3) is 15.9 Å². The van der Waals surface area contributed by atoms with E-state index in [1.165, 1.54) is 0 Å². The molecule has 1 aliphatic rings. The summed E-state index contributed by atoms with van der Waals surface area (Å²) in [7, 11) is -3.73. The molecular weight excluding hydrogens is 426 g/mol. The van der Waals surface area contributed by atoms with E-state index in [4.69, 9.17) is 0 Å². The van der Waals surface area contributed by atoms with Crippen molar-refractivity contribution in [2.45, 2.75) is 51.0 Å². The van der Waals surface area contributed by atoms with Crippen molar-refractivity contribution < 1.29 is 18.0 Å². The van der Waals surface area contributed by atoms with E-state index in [0.717, 1.165) is 12.8 Å². The number of anilines is 1. The highest BCUT2D eigenvalue weighted by Crippen LogP contribution is 2.23. The maximum atomic E-state index is 13.0. The zero-order valence-electron chi connectivity index (χ0n) is 18.8. The number of benzene rings is 2. The third-order valence-electron chi connectivity index (χ3n) is 5.60. The fourth-order valence-electron chi connectivity index (χ4n) is 3.80. The highest BCUT2D eigenvalue weighted by Gasteiger charge is 2.34. The first-order valence-corrected chi connectivity index (χ1v) is 12.4. The molecule has 1 atom stereocenters. The van der Waals surface area contributed by atoms with Crippen LogP contribution in [0, 0.1) is 12.8 Å². The molecule has 0 aromatic heterocycles. The summed E-state index contributed by atoms with van der Waals surface area (Å²) in [6.07, 6.45) is 2.32. The molecule has 8 heteroatoms. The molecule has 172 valence electrons.